The molecule has 3 aliphatic rings. The fourth-order valence-corrected chi connectivity index (χ4v) is 10.1. The van der Waals surface area contributed by atoms with E-state index in [2.05, 4.69) is 156 Å². The number of rotatable bonds is 2. The first-order chi connectivity index (χ1) is 26.3. The first kappa shape index (κ1) is 29.0. The maximum atomic E-state index is 6.73. The van der Waals surface area contributed by atoms with Gasteiger partial charge in [-0.2, -0.15) is 0 Å². The number of aromatic nitrogens is 3. The second-order valence-electron chi connectivity index (χ2n) is 14.4. The molecule has 6 heterocycles. The van der Waals surface area contributed by atoms with E-state index in [0.717, 1.165) is 39.3 Å². The second-order valence-corrected chi connectivity index (χ2v) is 14.4. The van der Waals surface area contributed by atoms with Gasteiger partial charge in [-0.1, -0.05) is 137 Å². The molecular formula is C47H29B2N3O. The highest BCUT2D eigenvalue weighted by Crippen LogP contribution is 2.48. The third kappa shape index (κ3) is 3.72. The molecule has 3 aromatic heterocycles. The molecule has 0 saturated carbocycles. The van der Waals surface area contributed by atoms with Crippen LogP contribution >= 0.6 is 0 Å². The maximum absolute atomic E-state index is 6.73. The molecule has 12 rings (SSSR count). The van der Waals surface area contributed by atoms with Gasteiger partial charge in [0.2, 0.25) is 6.71 Å². The summed E-state index contributed by atoms with van der Waals surface area (Å²) in [5.41, 5.74) is 17.5. The number of hydrogen-bond acceptors (Lipinski definition) is 3. The van der Waals surface area contributed by atoms with Gasteiger partial charge in [0, 0.05) is 18.1 Å². The van der Waals surface area contributed by atoms with Gasteiger partial charge in [-0.3, -0.25) is 9.97 Å². The quantitative estimate of drug-likeness (QED) is 0.221. The smallest absolute Gasteiger partial charge is 0.251 e. The fourth-order valence-electron chi connectivity index (χ4n) is 10.1. The van der Waals surface area contributed by atoms with Crippen molar-refractivity contribution in [3.05, 3.63) is 198 Å². The van der Waals surface area contributed by atoms with E-state index in [1.165, 1.54) is 55.0 Å². The van der Waals surface area contributed by atoms with Crippen LogP contribution in [0.4, 0.5) is 0 Å². The van der Waals surface area contributed by atoms with Gasteiger partial charge in [0.15, 0.2) is 0 Å². The van der Waals surface area contributed by atoms with Gasteiger partial charge in [0.25, 0.3) is 6.71 Å². The molecular weight excluding hydrogens is 644 g/mol. The third-order valence-corrected chi connectivity index (χ3v) is 12.0. The zero-order chi connectivity index (χ0) is 34.7. The number of nitrogens with zero attached hydrogens (tertiary/aromatic N) is 3. The molecule has 9 aromatic rings. The Balaban J connectivity index is 1.10. The summed E-state index contributed by atoms with van der Waals surface area (Å²) < 4.78 is 9.00. The van der Waals surface area contributed by atoms with Crippen molar-refractivity contribution < 1.29 is 4.74 Å². The molecule has 53 heavy (non-hydrogen) atoms. The van der Waals surface area contributed by atoms with E-state index in [1.54, 1.807) is 0 Å². The summed E-state index contributed by atoms with van der Waals surface area (Å²) in [6, 6.07) is 60.1. The molecule has 1 spiro atoms. The van der Waals surface area contributed by atoms with Crippen LogP contribution < -0.4 is 37.5 Å². The Hall–Kier alpha value is -6.65. The van der Waals surface area contributed by atoms with Gasteiger partial charge >= 0.3 is 0 Å². The zero-order valence-electron chi connectivity index (χ0n) is 28.6. The third-order valence-electron chi connectivity index (χ3n) is 12.0. The lowest BCUT2D eigenvalue weighted by Gasteiger charge is -2.50. The van der Waals surface area contributed by atoms with Crippen LogP contribution in [0.2, 0.25) is 0 Å². The van der Waals surface area contributed by atoms with Crippen molar-refractivity contribution in [3.63, 3.8) is 0 Å². The van der Waals surface area contributed by atoms with Crippen molar-refractivity contribution in [1.29, 1.82) is 0 Å². The lowest BCUT2D eigenvalue weighted by atomic mass is 9.26. The SMILES string of the molecule is c1ccc2c(c1)Oc1cccc3c1B2c1ccccc1C31c2ccccc2B(c2ccc(-n3c4cccnc4c4ncccc43)cc2)c2ccccc21. The Bertz CT molecular complexity index is 2870. The molecule has 0 atom stereocenters. The topological polar surface area (TPSA) is 39.9 Å². The highest BCUT2D eigenvalue weighted by molar-refractivity contribution is 6.99. The highest BCUT2D eigenvalue weighted by Gasteiger charge is 2.54. The molecule has 3 aliphatic heterocycles. The lowest BCUT2D eigenvalue weighted by Crippen LogP contribution is -2.68. The Morgan fingerprint density at radius 1 is 0.434 bits per heavy atom. The maximum Gasteiger partial charge on any atom is 0.251 e. The molecule has 0 N–H and O–H groups in total. The summed E-state index contributed by atoms with van der Waals surface area (Å²) in [4.78, 5) is 9.42. The molecule has 0 amide bonds. The molecule has 6 aromatic carbocycles. The summed E-state index contributed by atoms with van der Waals surface area (Å²) in [7, 11) is 0. The number of pyridine rings is 2. The minimum absolute atomic E-state index is 0.0463. The molecule has 0 saturated heterocycles. The van der Waals surface area contributed by atoms with Crippen LogP contribution in [0, 0.1) is 0 Å². The number of benzene rings is 6. The monoisotopic (exact) mass is 673 g/mol. The van der Waals surface area contributed by atoms with Crippen LogP contribution in [-0.4, -0.2) is 28.0 Å². The summed E-state index contributed by atoms with van der Waals surface area (Å²) in [5.74, 6) is 1.89. The van der Waals surface area contributed by atoms with Gasteiger partial charge in [-0.05, 0) is 81.7 Å². The van der Waals surface area contributed by atoms with Crippen LogP contribution in [-0.2, 0) is 5.41 Å². The number of hydrogen-bond donors (Lipinski definition) is 0. The standard InChI is InChI=1S/C47H29B2N3O/c1-4-16-36-32(12-1)47(34-14-3-6-18-38(34)49-39-19-7-8-22-42(39)53-43-23-9-15-35(47)44(43)49)33-13-2-5-17-37(33)48(36)30-24-26-31(27-25-30)52-40-20-10-28-50-45(40)46-41(52)21-11-29-51-46/h1-29H. The average Bonchev–Trinajstić information content (AvgIpc) is 3.56. The van der Waals surface area contributed by atoms with Crippen molar-refractivity contribution in [2.24, 2.45) is 0 Å². The van der Waals surface area contributed by atoms with E-state index in [-0.39, 0.29) is 13.4 Å². The van der Waals surface area contributed by atoms with Crippen LogP contribution in [0.1, 0.15) is 22.3 Å². The first-order valence-corrected chi connectivity index (χ1v) is 18.3. The number of ether oxygens (including phenoxy) is 1. The van der Waals surface area contributed by atoms with E-state index < -0.39 is 5.41 Å². The van der Waals surface area contributed by atoms with E-state index in [9.17, 15) is 0 Å². The molecule has 4 nitrogen and oxygen atoms in total. The minimum atomic E-state index is -0.527. The van der Waals surface area contributed by atoms with Crippen molar-refractivity contribution >= 4 is 68.3 Å². The van der Waals surface area contributed by atoms with Gasteiger partial charge < -0.3 is 9.30 Å². The summed E-state index contributed by atoms with van der Waals surface area (Å²) >= 11 is 0. The summed E-state index contributed by atoms with van der Waals surface area (Å²) in [5, 5.41) is 0. The summed E-state index contributed by atoms with van der Waals surface area (Å²) in [6.07, 6.45) is 3.69. The van der Waals surface area contributed by atoms with Gasteiger partial charge in [0.1, 0.15) is 22.5 Å². The largest absolute Gasteiger partial charge is 0.458 e. The van der Waals surface area contributed by atoms with Crippen LogP contribution in [0.3, 0.4) is 0 Å². The normalized spacial score (nSPS) is 14.3. The van der Waals surface area contributed by atoms with Crippen LogP contribution in [0.15, 0.2) is 176 Å². The van der Waals surface area contributed by atoms with Gasteiger partial charge in [-0.15, -0.1) is 0 Å². The summed E-state index contributed by atoms with van der Waals surface area (Å²) in [6.45, 7) is 0.133. The van der Waals surface area contributed by atoms with E-state index >= 15 is 0 Å². The zero-order valence-corrected chi connectivity index (χ0v) is 28.6. The van der Waals surface area contributed by atoms with Crippen LogP contribution in [0.25, 0.3) is 27.8 Å². The molecule has 0 fully saturated rings. The van der Waals surface area contributed by atoms with E-state index in [4.69, 9.17) is 14.7 Å². The van der Waals surface area contributed by atoms with Crippen molar-refractivity contribution in [1.82, 2.24) is 14.5 Å². The molecule has 0 bridgehead atoms. The van der Waals surface area contributed by atoms with Gasteiger partial charge in [0.05, 0.1) is 16.4 Å². The Kier molecular flexibility index (Phi) is 5.85. The number of fused-ring (bicyclic) bond motifs is 13. The Morgan fingerprint density at radius 3 is 1.57 bits per heavy atom. The van der Waals surface area contributed by atoms with Crippen molar-refractivity contribution in [3.8, 4) is 17.2 Å². The molecule has 0 unspecified atom stereocenters. The predicted octanol–water partition coefficient (Wildman–Crippen LogP) is 5.72. The molecule has 0 aliphatic carbocycles. The predicted molar refractivity (Wildman–Crippen MR) is 217 cm³/mol. The molecule has 0 radical (unpaired) electrons. The van der Waals surface area contributed by atoms with Crippen LogP contribution in [0.5, 0.6) is 11.5 Å². The van der Waals surface area contributed by atoms with E-state index in [0.29, 0.717) is 0 Å². The van der Waals surface area contributed by atoms with Crippen molar-refractivity contribution in [2.45, 2.75) is 5.41 Å². The molecule has 6 heteroatoms. The Morgan fingerprint density at radius 2 is 0.943 bits per heavy atom. The van der Waals surface area contributed by atoms with E-state index in [1.807, 2.05) is 24.5 Å². The minimum Gasteiger partial charge on any atom is -0.458 e. The second kappa shape index (κ2) is 10.7. The highest BCUT2D eigenvalue weighted by atomic mass is 16.5. The van der Waals surface area contributed by atoms with Gasteiger partial charge in [-0.25, -0.2) is 0 Å². The van der Waals surface area contributed by atoms with Crippen molar-refractivity contribution in [2.75, 3.05) is 0 Å². The fraction of sp³-hybridized carbons (Fsp3) is 0.0213. The number of para-hydroxylation sites is 1. The molecule has 244 valence electrons. The lowest BCUT2D eigenvalue weighted by molar-refractivity contribution is 0.486. The average molecular weight is 673 g/mol. The Labute approximate surface area is 307 Å². The first-order valence-electron chi connectivity index (χ1n) is 18.3.